The molecule has 4 aliphatic rings. The summed E-state index contributed by atoms with van der Waals surface area (Å²) < 4.78 is 48.2. The number of benzene rings is 1. The van der Waals surface area contributed by atoms with Gasteiger partial charge in [0.15, 0.2) is 0 Å². The molecule has 3 aromatic rings. The molecule has 2 aliphatic carbocycles. The number of allylic oxidation sites excluding steroid dienone is 1. The smallest absolute Gasteiger partial charge is 0.272 e. The highest BCUT2D eigenvalue weighted by Gasteiger charge is 2.62. The molecule has 5 atom stereocenters. The first-order valence-electron chi connectivity index (χ1n) is 18.0. The first-order chi connectivity index (χ1) is 25.5. The molecule has 53 heavy (non-hydrogen) atoms. The van der Waals surface area contributed by atoms with Gasteiger partial charge in [0.25, 0.3) is 11.8 Å². The summed E-state index contributed by atoms with van der Waals surface area (Å²) in [7, 11) is -3.91. The number of carbonyl (C=O) groups is 4. The Morgan fingerprint density at radius 3 is 2.68 bits per heavy atom. The molecule has 15 nitrogen and oxygen atoms in total. The first kappa shape index (κ1) is 36.3. The average molecular weight is 749 g/mol. The number of amides is 4. The van der Waals surface area contributed by atoms with E-state index in [0.717, 1.165) is 12.8 Å². The number of hydrogen-bond donors (Lipinski definition) is 3. The molecular formula is C36H41FN8O7S. The van der Waals surface area contributed by atoms with Gasteiger partial charge in [-0.15, -0.1) is 0 Å². The maximum atomic E-state index is 14.5. The minimum Gasteiger partial charge on any atom is -0.471 e. The number of sulfonamides is 1. The van der Waals surface area contributed by atoms with Crippen LogP contribution in [0.2, 0.25) is 0 Å². The number of nitrogens with one attached hydrogen (secondary N) is 3. The normalized spacial score (nSPS) is 27.0. The summed E-state index contributed by atoms with van der Waals surface area (Å²) >= 11 is 0. The highest BCUT2D eigenvalue weighted by atomic mass is 32.2. The molecule has 3 fully saturated rings. The number of rotatable bonds is 8. The van der Waals surface area contributed by atoms with Crippen LogP contribution in [0.5, 0.6) is 5.88 Å². The van der Waals surface area contributed by atoms with Gasteiger partial charge in [0, 0.05) is 30.8 Å². The van der Waals surface area contributed by atoms with Crippen LogP contribution < -0.4 is 20.1 Å². The second-order valence-corrected chi connectivity index (χ2v) is 16.0. The van der Waals surface area contributed by atoms with Crippen LogP contribution in [0.4, 0.5) is 4.39 Å². The van der Waals surface area contributed by atoms with Crippen molar-refractivity contribution in [3.8, 4) is 5.88 Å². The van der Waals surface area contributed by atoms with Gasteiger partial charge in [-0.3, -0.25) is 28.9 Å². The molecule has 4 amide bonds. The van der Waals surface area contributed by atoms with Crippen molar-refractivity contribution < 1.29 is 36.7 Å². The first-order valence-corrected chi connectivity index (χ1v) is 19.6. The Morgan fingerprint density at radius 2 is 1.92 bits per heavy atom. The number of hydrogen-bond acceptors (Lipinski definition) is 11. The third-order valence-electron chi connectivity index (χ3n) is 10.2. The average Bonchev–Trinajstić information content (AvgIpc) is 4.07. The summed E-state index contributed by atoms with van der Waals surface area (Å²) in [6, 6.07) is 1.84. The molecule has 0 spiro atoms. The van der Waals surface area contributed by atoms with E-state index in [1.54, 1.807) is 0 Å². The Balaban J connectivity index is 1.20. The number of aryl methyl sites for hydroxylation is 1. The minimum atomic E-state index is -3.91. The lowest BCUT2D eigenvalue weighted by molar-refractivity contribution is -0.141. The third kappa shape index (κ3) is 7.84. The molecule has 7 rings (SSSR count). The van der Waals surface area contributed by atoms with E-state index < -0.39 is 74.4 Å². The minimum absolute atomic E-state index is 0.0190. The molecule has 3 N–H and O–H groups in total. The SMILES string of the molecule is CCc1nc2ccc(F)cc2nc1O[C@@H]1C[C@H]2C(=O)N[C@]3(C(=O)NS(=O)(=O)C4CC4)CC3/C=C\CCCCCC(NC(=O)c3cnccn3)C(=O)N2C1. The van der Waals surface area contributed by atoms with Gasteiger partial charge in [0.2, 0.25) is 27.7 Å². The zero-order chi connectivity index (χ0) is 37.3. The lowest BCUT2D eigenvalue weighted by atomic mass is 10.0. The highest BCUT2D eigenvalue weighted by molar-refractivity contribution is 7.91. The summed E-state index contributed by atoms with van der Waals surface area (Å²) in [5.41, 5.74) is -0.269. The molecule has 2 saturated carbocycles. The maximum absolute atomic E-state index is 14.5. The predicted molar refractivity (Wildman–Crippen MR) is 188 cm³/mol. The van der Waals surface area contributed by atoms with Crippen LogP contribution in [-0.4, -0.2) is 92.4 Å². The zero-order valence-electron chi connectivity index (χ0n) is 29.2. The van der Waals surface area contributed by atoms with Crippen molar-refractivity contribution in [2.45, 2.75) is 100 Å². The van der Waals surface area contributed by atoms with E-state index in [2.05, 4.69) is 35.3 Å². The van der Waals surface area contributed by atoms with Gasteiger partial charge in [0.1, 0.15) is 40.9 Å². The van der Waals surface area contributed by atoms with Crippen LogP contribution in [-0.2, 0) is 30.8 Å². The summed E-state index contributed by atoms with van der Waals surface area (Å²) in [6.45, 7) is 1.78. The molecule has 1 saturated heterocycles. The van der Waals surface area contributed by atoms with Gasteiger partial charge < -0.3 is 20.3 Å². The number of nitrogens with zero attached hydrogens (tertiary/aromatic N) is 5. The zero-order valence-corrected chi connectivity index (χ0v) is 30.0. The number of aromatic nitrogens is 4. The molecule has 0 bridgehead atoms. The fraction of sp³-hybridized carbons (Fsp3) is 0.500. The van der Waals surface area contributed by atoms with E-state index in [-0.39, 0.29) is 42.9 Å². The van der Waals surface area contributed by atoms with Crippen LogP contribution in [0.25, 0.3) is 11.0 Å². The van der Waals surface area contributed by atoms with E-state index in [0.29, 0.717) is 43.3 Å². The monoisotopic (exact) mass is 748 g/mol. The molecule has 0 radical (unpaired) electrons. The second kappa shape index (κ2) is 14.8. The van der Waals surface area contributed by atoms with Crippen molar-refractivity contribution in [2.24, 2.45) is 5.92 Å². The lowest BCUT2D eigenvalue weighted by Gasteiger charge is -2.29. The number of carbonyl (C=O) groups excluding carboxylic acids is 4. The third-order valence-corrected chi connectivity index (χ3v) is 12.0. The van der Waals surface area contributed by atoms with E-state index in [1.807, 2.05) is 19.1 Å². The largest absolute Gasteiger partial charge is 0.471 e. The molecule has 1 aromatic carbocycles. The highest BCUT2D eigenvalue weighted by Crippen LogP contribution is 2.46. The Bertz CT molecular complexity index is 2060. The van der Waals surface area contributed by atoms with Crippen molar-refractivity contribution in [1.29, 1.82) is 0 Å². The Labute approximate surface area is 305 Å². The number of ether oxygens (including phenoxy) is 1. The van der Waals surface area contributed by atoms with Gasteiger partial charge in [-0.05, 0) is 57.1 Å². The molecular weight excluding hydrogens is 708 g/mol. The summed E-state index contributed by atoms with van der Waals surface area (Å²) in [4.78, 5) is 74.2. The van der Waals surface area contributed by atoms with Crippen molar-refractivity contribution in [3.63, 3.8) is 0 Å². The fourth-order valence-electron chi connectivity index (χ4n) is 7.03. The quantitative estimate of drug-likeness (QED) is 0.285. The van der Waals surface area contributed by atoms with Crippen LogP contribution in [0.1, 0.15) is 80.9 Å². The maximum Gasteiger partial charge on any atom is 0.272 e. The standard InChI is InChI=1S/C36H41FN8O7S/c1-2-25-33(42-28-16-22(37)10-13-26(28)40-25)52-23-17-30-32(47)43-36(35(49)44-53(50,51)24-11-12-24)18-21(36)8-6-4-3-5-7-9-27(34(48)45(30)20-23)41-31(46)29-19-38-14-15-39-29/h6,8,10,13-16,19,21,23-24,27,30H,2-5,7,9,11-12,17-18,20H2,1H3,(H,41,46)(H,43,47)(H,44,49)/b8-6-/t21?,23-,27?,30+,36-/m1/s1. The Hall–Kier alpha value is -5.06. The van der Waals surface area contributed by atoms with Crippen molar-refractivity contribution >= 4 is 44.7 Å². The van der Waals surface area contributed by atoms with E-state index >= 15 is 0 Å². The number of fused-ring (bicyclic) bond motifs is 3. The van der Waals surface area contributed by atoms with E-state index in [4.69, 9.17) is 4.74 Å². The van der Waals surface area contributed by atoms with Crippen LogP contribution in [0, 0.1) is 11.7 Å². The van der Waals surface area contributed by atoms with Gasteiger partial charge in [-0.1, -0.05) is 31.9 Å². The van der Waals surface area contributed by atoms with Gasteiger partial charge in [0.05, 0.1) is 29.0 Å². The van der Waals surface area contributed by atoms with Gasteiger partial charge in [-0.25, -0.2) is 27.8 Å². The Kier molecular flexibility index (Phi) is 10.1. The van der Waals surface area contributed by atoms with E-state index in [9.17, 15) is 32.0 Å². The summed E-state index contributed by atoms with van der Waals surface area (Å²) in [5.74, 6) is -3.45. The van der Waals surface area contributed by atoms with Gasteiger partial charge >= 0.3 is 0 Å². The van der Waals surface area contributed by atoms with Crippen molar-refractivity contribution in [2.75, 3.05) is 6.54 Å². The molecule has 2 unspecified atom stereocenters. The predicted octanol–water partition coefficient (Wildman–Crippen LogP) is 2.27. The topological polar surface area (TPSA) is 203 Å². The molecule has 280 valence electrons. The molecule has 2 aromatic heterocycles. The molecule has 2 aliphatic heterocycles. The molecule has 4 heterocycles. The van der Waals surface area contributed by atoms with Crippen molar-refractivity contribution in [1.82, 2.24) is 40.2 Å². The fourth-order valence-corrected chi connectivity index (χ4v) is 8.39. The summed E-state index contributed by atoms with van der Waals surface area (Å²) in [6.07, 6.45) is 11.6. The summed E-state index contributed by atoms with van der Waals surface area (Å²) in [5, 5.41) is 4.98. The Morgan fingerprint density at radius 1 is 1.09 bits per heavy atom. The van der Waals surface area contributed by atoms with Crippen molar-refractivity contribution in [3.05, 3.63) is 66.1 Å². The van der Waals surface area contributed by atoms with Crippen LogP contribution >= 0.6 is 0 Å². The number of halogens is 1. The van der Waals surface area contributed by atoms with Crippen LogP contribution in [0.15, 0.2) is 48.9 Å². The molecule has 17 heteroatoms. The van der Waals surface area contributed by atoms with E-state index in [1.165, 1.54) is 41.7 Å². The second-order valence-electron chi connectivity index (χ2n) is 14.1. The lowest BCUT2D eigenvalue weighted by Crippen LogP contribution is -2.58. The van der Waals surface area contributed by atoms with Crippen LogP contribution in [0.3, 0.4) is 0 Å². The van der Waals surface area contributed by atoms with Gasteiger partial charge in [-0.2, -0.15) is 0 Å².